The van der Waals surface area contributed by atoms with Gasteiger partial charge < -0.3 is 10.6 Å². The largest absolute Gasteiger partial charge is 0.384 e. The second-order valence-electron chi connectivity index (χ2n) is 8.64. The molecule has 2 N–H and O–H groups in total. The maximum atomic E-state index is 14.8. The molecule has 4 nitrogen and oxygen atoms in total. The molecule has 7 heteroatoms. The van der Waals surface area contributed by atoms with Crippen LogP contribution in [0.25, 0.3) is 11.1 Å². The summed E-state index contributed by atoms with van der Waals surface area (Å²) in [6.45, 7) is 10.8. The average Bonchev–Trinajstić information content (AvgIpc) is 2.83. The summed E-state index contributed by atoms with van der Waals surface area (Å²) < 4.78 is 42.0. The van der Waals surface area contributed by atoms with E-state index in [4.69, 9.17) is 0 Å². The van der Waals surface area contributed by atoms with E-state index in [1.54, 1.807) is 37.5 Å². The molecule has 0 spiro atoms. The van der Waals surface area contributed by atoms with E-state index in [9.17, 15) is 13.2 Å². The first kappa shape index (κ1) is 26.7. The Hall–Kier alpha value is -3.87. The summed E-state index contributed by atoms with van der Waals surface area (Å²) in [5, 5.41) is 6.27. The molecule has 0 aliphatic heterocycles. The van der Waals surface area contributed by atoms with E-state index in [0.717, 1.165) is 18.2 Å². The van der Waals surface area contributed by atoms with Gasteiger partial charge in [0, 0.05) is 54.8 Å². The summed E-state index contributed by atoms with van der Waals surface area (Å²) in [6.07, 6.45) is 9.34. The normalized spacial score (nSPS) is 12.1. The van der Waals surface area contributed by atoms with Gasteiger partial charge in [-0.05, 0) is 55.2 Å². The van der Waals surface area contributed by atoms with Gasteiger partial charge in [0.2, 0.25) is 5.95 Å². The minimum absolute atomic E-state index is 0.0136. The number of rotatable bonds is 10. The highest BCUT2D eigenvalue weighted by atomic mass is 19.3. The fraction of sp³-hybridized carbons (Fsp3) is 0.241. The van der Waals surface area contributed by atoms with Crippen molar-refractivity contribution in [1.29, 1.82) is 0 Å². The van der Waals surface area contributed by atoms with E-state index in [2.05, 4.69) is 27.2 Å². The van der Waals surface area contributed by atoms with E-state index in [1.165, 1.54) is 12.1 Å². The first-order chi connectivity index (χ1) is 17.1. The van der Waals surface area contributed by atoms with Crippen molar-refractivity contribution < 1.29 is 13.2 Å². The fourth-order valence-corrected chi connectivity index (χ4v) is 3.78. The highest BCUT2D eigenvalue weighted by molar-refractivity contribution is 5.63. The van der Waals surface area contributed by atoms with Crippen LogP contribution >= 0.6 is 0 Å². The maximum Gasteiger partial charge on any atom is 0.270 e. The monoisotopic (exact) mass is 492 g/mol. The van der Waals surface area contributed by atoms with Gasteiger partial charge in [-0.1, -0.05) is 49.1 Å². The molecule has 1 aromatic heterocycles. The summed E-state index contributed by atoms with van der Waals surface area (Å²) in [5.41, 5.74) is 4.77. The highest BCUT2D eigenvalue weighted by Gasteiger charge is 2.26. The smallest absolute Gasteiger partial charge is 0.270 e. The van der Waals surface area contributed by atoms with Crippen LogP contribution in [-0.2, 0) is 18.9 Å². The number of aromatic nitrogens is 2. The second-order valence-corrected chi connectivity index (χ2v) is 8.64. The molecule has 0 aliphatic rings. The molecule has 3 rings (SSSR count). The van der Waals surface area contributed by atoms with Gasteiger partial charge in [0.1, 0.15) is 5.82 Å². The zero-order valence-corrected chi connectivity index (χ0v) is 21.0. The van der Waals surface area contributed by atoms with Crippen LogP contribution < -0.4 is 10.6 Å². The predicted molar refractivity (Wildman–Crippen MR) is 140 cm³/mol. The topological polar surface area (TPSA) is 49.8 Å². The minimum atomic E-state index is -2.88. The molecule has 0 bridgehead atoms. The maximum absolute atomic E-state index is 14.8. The van der Waals surface area contributed by atoms with Gasteiger partial charge in [0.05, 0.1) is 0 Å². The first-order valence-electron chi connectivity index (χ1n) is 11.7. The van der Waals surface area contributed by atoms with Crippen LogP contribution in [-0.4, -0.2) is 9.97 Å². The lowest BCUT2D eigenvalue weighted by Gasteiger charge is -2.16. The molecule has 36 heavy (non-hydrogen) atoms. The SMILES string of the molecule is C=C(Cc1ccc(-c2cnc(NC(/C=C\C)=C/C)nc2)cc1F)NCc1ccc(C(C)(F)F)c(C)c1. The van der Waals surface area contributed by atoms with Crippen LogP contribution in [0.5, 0.6) is 0 Å². The van der Waals surface area contributed by atoms with Gasteiger partial charge in [-0.25, -0.2) is 23.1 Å². The van der Waals surface area contributed by atoms with Gasteiger partial charge in [0.25, 0.3) is 5.92 Å². The molecule has 0 saturated heterocycles. The van der Waals surface area contributed by atoms with Gasteiger partial charge in [-0.15, -0.1) is 0 Å². The van der Waals surface area contributed by atoms with Crippen LogP contribution in [0.1, 0.15) is 43.0 Å². The van der Waals surface area contributed by atoms with E-state index in [0.29, 0.717) is 46.9 Å². The Morgan fingerprint density at radius 2 is 1.78 bits per heavy atom. The number of aryl methyl sites for hydroxylation is 1. The van der Waals surface area contributed by atoms with Crippen molar-refractivity contribution in [2.24, 2.45) is 0 Å². The van der Waals surface area contributed by atoms with Crippen LogP contribution in [0, 0.1) is 12.7 Å². The number of alkyl halides is 2. The van der Waals surface area contributed by atoms with Crippen molar-refractivity contribution in [2.45, 2.75) is 46.6 Å². The summed E-state index contributed by atoms with van der Waals surface area (Å²) in [4.78, 5) is 8.64. The second kappa shape index (κ2) is 11.7. The van der Waals surface area contributed by atoms with Gasteiger partial charge in [-0.2, -0.15) is 0 Å². The molecule has 0 unspecified atom stereocenters. The molecule has 0 fully saturated rings. The van der Waals surface area contributed by atoms with Crippen molar-refractivity contribution in [3.8, 4) is 11.1 Å². The number of hydrogen-bond acceptors (Lipinski definition) is 4. The Bertz CT molecular complexity index is 1270. The third kappa shape index (κ3) is 7.07. The molecule has 0 radical (unpaired) electrons. The number of benzene rings is 2. The lowest BCUT2D eigenvalue weighted by Crippen LogP contribution is -2.15. The van der Waals surface area contributed by atoms with Crippen molar-refractivity contribution >= 4 is 5.95 Å². The van der Waals surface area contributed by atoms with Crippen LogP contribution in [0.2, 0.25) is 0 Å². The van der Waals surface area contributed by atoms with Crippen LogP contribution in [0.3, 0.4) is 0 Å². The summed E-state index contributed by atoms with van der Waals surface area (Å²) in [7, 11) is 0. The molecule has 0 saturated carbocycles. The number of nitrogens with one attached hydrogen (secondary N) is 2. The van der Waals surface area contributed by atoms with E-state index in [1.807, 2.05) is 38.1 Å². The van der Waals surface area contributed by atoms with Gasteiger partial charge in [-0.3, -0.25) is 0 Å². The Morgan fingerprint density at radius 1 is 1.06 bits per heavy atom. The number of anilines is 1. The Morgan fingerprint density at radius 3 is 2.36 bits per heavy atom. The number of allylic oxidation sites excluding steroid dienone is 4. The molecule has 0 amide bonds. The summed E-state index contributed by atoms with van der Waals surface area (Å²) in [6, 6.07) is 9.83. The standard InChI is InChI=1S/C29H31F3N4/c1-6-8-25(7-2)36-28-34-17-24(18-35-28)22-10-11-23(27(30)15-22)14-20(4)33-16-21-9-12-26(19(3)13-21)29(5,31)32/h6-13,15,17-18,33H,4,14,16H2,1-3,5H3,(H,34,35,36)/b8-6-,25-7+. The molecule has 1 heterocycles. The number of nitrogens with zero attached hydrogens (tertiary/aromatic N) is 2. The lowest BCUT2D eigenvalue weighted by molar-refractivity contribution is 0.0168. The highest BCUT2D eigenvalue weighted by Crippen LogP contribution is 2.30. The van der Waals surface area contributed by atoms with E-state index < -0.39 is 5.92 Å². The quantitative estimate of drug-likeness (QED) is 0.289. The Kier molecular flexibility index (Phi) is 8.69. The Labute approximate surface area is 210 Å². The third-order valence-electron chi connectivity index (χ3n) is 5.66. The molecule has 188 valence electrons. The molecular formula is C29H31F3N4. The molecule has 0 atom stereocenters. The zero-order chi connectivity index (χ0) is 26.3. The average molecular weight is 493 g/mol. The van der Waals surface area contributed by atoms with Crippen molar-refractivity contribution in [2.75, 3.05) is 5.32 Å². The van der Waals surface area contributed by atoms with Crippen LogP contribution in [0.15, 0.2) is 85.0 Å². The van der Waals surface area contributed by atoms with Gasteiger partial charge >= 0.3 is 0 Å². The number of halogens is 3. The molecular weight excluding hydrogens is 461 g/mol. The van der Waals surface area contributed by atoms with E-state index >= 15 is 0 Å². The Balaban J connectivity index is 1.61. The molecule has 2 aromatic carbocycles. The lowest BCUT2D eigenvalue weighted by atomic mass is 10.0. The molecule has 3 aromatic rings. The molecule has 0 aliphatic carbocycles. The van der Waals surface area contributed by atoms with Crippen molar-refractivity contribution in [1.82, 2.24) is 15.3 Å². The summed E-state index contributed by atoms with van der Waals surface area (Å²) >= 11 is 0. The zero-order valence-electron chi connectivity index (χ0n) is 21.0. The van der Waals surface area contributed by atoms with E-state index in [-0.39, 0.29) is 11.4 Å². The first-order valence-corrected chi connectivity index (χ1v) is 11.7. The number of hydrogen-bond donors (Lipinski definition) is 2. The minimum Gasteiger partial charge on any atom is -0.384 e. The third-order valence-corrected chi connectivity index (χ3v) is 5.66. The van der Waals surface area contributed by atoms with Crippen molar-refractivity contribution in [3.63, 3.8) is 0 Å². The van der Waals surface area contributed by atoms with Gasteiger partial charge in [0.15, 0.2) is 0 Å². The van der Waals surface area contributed by atoms with Crippen LogP contribution in [0.4, 0.5) is 19.1 Å². The van der Waals surface area contributed by atoms with Crippen molar-refractivity contribution in [3.05, 3.63) is 113 Å². The fourth-order valence-electron chi connectivity index (χ4n) is 3.78. The predicted octanol–water partition coefficient (Wildman–Crippen LogP) is 7.44. The summed E-state index contributed by atoms with van der Waals surface area (Å²) in [5.74, 6) is -2.78.